The molecule has 1 aliphatic rings. The Hall–Kier alpha value is -4.30. The number of amides is 3. The fraction of sp³-hybridized carbons (Fsp3) is 0.207. The van der Waals surface area contributed by atoms with Crippen molar-refractivity contribution >= 4 is 40.7 Å². The van der Waals surface area contributed by atoms with E-state index in [2.05, 4.69) is 10.6 Å². The molecule has 3 aromatic carbocycles. The van der Waals surface area contributed by atoms with Gasteiger partial charge in [0.2, 0.25) is 0 Å². The molecule has 0 bridgehead atoms. The summed E-state index contributed by atoms with van der Waals surface area (Å²) in [5, 5.41) is 5.68. The van der Waals surface area contributed by atoms with Gasteiger partial charge in [-0.15, -0.1) is 0 Å². The van der Waals surface area contributed by atoms with E-state index in [1.165, 1.54) is 0 Å². The summed E-state index contributed by atoms with van der Waals surface area (Å²) in [4.78, 5) is 39.8. The van der Waals surface area contributed by atoms with Crippen LogP contribution >= 0.6 is 11.6 Å². The van der Waals surface area contributed by atoms with Crippen LogP contribution in [0.5, 0.6) is 11.5 Å². The lowest BCUT2D eigenvalue weighted by Gasteiger charge is -2.16. The van der Waals surface area contributed by atoms with Gasteiger partial charge in [0, 0.05) is 17.8 Å². The molecule has 9 heteroatoms. The number of nitrogens with one attached hydrogen (secondary N) is 2. The maximum absolute atomic E-state index is 13.1. The highest BCUT2D eigenvalue weighted by Gasteiger charge is 2.39. The Balaban J connectivity index is 1.44. The summed E-state index contributed by atoms with van der Waals surface area (Å²) in [7, 11) is 3.15. The number of carbonyl (C=O) groups is 3. The van der Waals surface area contributed by atoms with Gasteiger partial charge in [0.15, 0.2) is 11.5 Å². The molecule has 0 fully saturated rings. The lowest BCUT2D eigenvalue weighted by atomic mass is 10.1. The molecule has 2 N–H and O–H groups in total. The SMILES string of the molecule is COc1ccc(CCNC(=O)c2ccc(C)c(NC3=C(Cl)C(=O)N(c4ccc(C)cc4)C3=O)c2)cc1OC. The number of ether oxygens (including phenoxy) is 2. The largest absolute Gasteiger partial charge is 0.493 e. The first kappa shape index (κ1) is 26.8. The monoisotopic (exact) mass is 533 g/mol. The summed E-state index contributed by atoms with van der Waals surface area (Å²) in [6, 6.07) is 17.7. The van der Waals surface area contributed by atoms with E-state index in [1.54, 1.807) is 44.6 Å². The topological polar surface area (TPSA) is 97.0 Å². The summed E-state index contributed by atoms with van der Waals surface area (Å²) in [5.41, 5.74) is 4.05. The number of benzene rings is 3. The molecule has 0 aliphatic carbocycles. The summed E-state index contributed by atoms with van der Waals surface area (Å²) >= 11 is 6.28. The predicted molar refractivity (Wildman–Crippen MR) is 147 cm³/mol. The third-order valence-electron chi connectivity index (χ3n) is 6.23. The molecule has 0 saturated heterocycles. The third kappa shape index (κ3) is 5.50. The highest BCUT2D eigenvalue weighted by molar-refractivity contribution is 6.53. The van der Waals surface area contributed by atoms with Crippen LogP contribution < -0.4 is 25.0 Å². The quantitative estimate of drug-likeness (QED) is 0.386. The van der Waals surface area contributed by atoms with Crippen LogP contribution in [0.2, 0.25) is 0 Å². The van der Waals surface area contributed by atoms with Crippen LogP contribution in [0.1, 0.15) is 27.0 Å². The van der Waals surface area contributed by atoms with Crippen molar-refractivity contribution in [3.63, 3.8) is 0 Å². The third-order valence-corrected chi connectivity index (χ3v) is 6.58. The van der Waals surface area contributed by atoms with Gasteiger partial charge >= 0.3 is 0 Å². The second kappa shape index (κ2) is 11.4. The first-order valence-electron chi connectivity index (χ1n) is 12.0. The molecule has 38 heavy (non-hydrogen) atoms. The van der Waals surface area contributed by atoms with Gasteiger partial charge in [-0.1, -0.05) is 41.4 Å². The van der Waals surface area contributed by atoms with Crippen molar-refractivity contribution in [3.8, 4) is 11.5 Å². The van der Waals surface area contributed by atoms with Crippen molar-refractivity contribution in [1.29, 1.82) is 0 Å². The molecular formula is C29H28ClN3O5. The van der Waals surface area contributed by atoms with Gasteiger partial charge in [-0.2, -0.15) is 0 Å². The van der Waals surface area contributed by atoms with Crippen LogP contribution in [0, 0.1) is 13.8 Å². The van der Waals surface area contributed by atoms with E-state index in [0.717, 1.165) is 21.6 Å². The molecule has 0 unspecified atom stereocenters. The van der Waals surface area contributed by atoms with Gasteiger partial charge in [-0.3, -0.25) is 14.4 Å². The van der Waals surface area contributed by atoms with E-state index in [4.69, 9.17) is 21.1 Å². The average Bonchev–Trinajstić information content (AvgIpc) is 3.13. The molecule has 4 rings (SSSR count). The molecule has 0 atom stereocenters. The lowest BCUT2D eigenvalue weighted by Crippen LogP contribution is -2.32. The summed E-state index contributed by atoms with van der Waals surface area (Å²) in [6.45, 7) is 4.15. The van der Waals surface area contributed by atoms with Crippen molar-refractivity contribution < 1.29 is 23.9 Å². The zero-order valence-electron chi connectivity index (χ0n) is 21.6. The number of anilines is 2. The number of imide groups is 1. The van der Waals surface area contributed by atoms with E-state index in [-0.39, 0.29) is 16.6 Å². The van der Waals surface area contributed by atoms with Gasteiger partial charge in [0.1, 0.15) is 10.7 Å². The Morgan fingerprint density at radius 3 is 2.29 bits per heavy atom. The van der Waals surface area contributed by atoms with E-state index in [9.17, 15) is 14.4 Å². The van der Waals surface area contributed by atoms with Crippen LogP contribution in [0.4, 0.5) is 11.4 Å². The molecule has 1 heterocycles. The van der Waals surface area contributed by atoms with Crippen LogP contribution in [0.25, 0.3) is 0 Å². The summed E-state index contributed by atoms with van der Waals surface area (Å²) < 4.78 is 10.6. The molecule has 0 aromatic heterocycles. The van der Waals surface area contributed by atoms with Crippen LogP contribution in [0.3, 0.4) is 0 Å². The zero-order chi connectivity index (χ0) is 27.4. The van der Waals surface area contributed by atoms with Crippen LogP contribution in [-0.2, 0) is 16.0 Å². The molecule has 0 radical (unpaired) electrons. The van der Waals surface area contributed by atoms with E-state index in [1.807, 2.05) is 44.2 Å². The second-order valence-electron chi connectivity index (χ2n) is 8.82. The number of nitrogens with zero attached hydrogens (tertiary/aromatic N) is 1. The van der Waals surface area contributed by atoms with Crippen molar-refractivity contribution in [3.05, 3.63) is 93.6 Å². The number of hydrogen-bond acceptors (Lipinski definition) is 6. The standard InChI is InChI=1S/C29H28ClN3O5/c1-17-5-10-21(11-6-17)33-28(35)25(30)26(29(33)36)32-22-16-20(9-7-18(22)2)27(34)31-14-13-19-8-12-23(37-3)24(15-19)38-4/h5-12,15-16,32H,13-14H2,1-4H3,(H,31,34). The fourth-order valence-electron chi connectivity index (χ4n) is 4.03. The van der Waals surface area contributed by atoms with E-state index < -0.39 is 11.8 Å². The Labute approximate surface area is 226 Å². The van der Waals surface area contributed by atoms with Crippen LogP contribution in [-0.4, -0.2) is 38.5 Å². The minimum Gasteiger partial charge on any atom is -0.493 e. The Morgan fingerprint density at radius 2 is 1.61 bits per heavy atom. The minimum absolute atomic E-state index is 0.0358. The summed E-state index contributed by atoms with van der Waals surface area (Å²) in [5.74, 6) is -0.180. The smallest absolute Gasteiger partial charge is 0.283 e. The molecule has 0 saturated carbocycles. The number of aryl methyl sites for hydroxylation is 2. The van der Waals surface area contributed by atoms with Crippen molar-refractivity contribution in [1.82, 2.24) is 5.32 Å². The highest BCUT2D eigenvalue weighted by atomic mass is 35.5. The first-order chi connectivity index (χ1) is 18.2. The van der Waals surface area contributed by atoms with Gasteiger partial charge < -0.3 is 20.1 Å². The maximum Gasteiger partial charge on any atom is 0.283 e. The molecule has 0 spiro atoms. The fourth-order valence-corrected chi connectivity index (χ4v) is 4.24. The van der Waals surface area contributed by atoms with Gasteiger partial charge in [-0.05, 0) is 67.8 Å². The second-order valence-corrected chi connectivity index (χ2v) is 9.20. The van der Waals surface area contributed by atoms with Gasteiger partial charge in [0.05, 0.1) is 19.9 Å². The average molecular weight is 534 g/mol. The van der Waals surface area contributed by atoms with Crippen LogP contribution in [0.15, 0.2) is 71.4 Å². The maximum atomic E-state index is 13.1. The normalized spacial score (nSPS) is 13.1. The molecule has 1 aliphatic heterocycles. The van der Waals surface area contributed by atoms with Crippen molar-refractivity contribution in [2.75, 3.05) is 31.0 Å². The molecule has 8 nitrogen and oxygen atoms in total. The number of methoxy groups -OCH3 is 2. The highest BCUT2D eigenvalue weighted by Crippen LogP contribution is 2.31. The number of rotatable bonds is 9. The number of carbonyl (C=O) groups excluding carboxylic acids is 3. The first-order valence-corrected chi connectivity index (χ1v) is 12.3. The Bertz CT molecular complexity index is 1430. The number of hydrogen-bond donors (Lipinski definition) is 2. The van der Waals surface area contributed by atoms with Gasteiger partial charge in [0.25, 0.3) is 17.7 Å². The Morgan fingerprint density at radius 1 is 0.895 bits per heavy atom. The molecule has 3 aromatic rings. The molecular weight excluding hydrogens is 506 g/mol. The van der Waals surface area contributed by atoms with E-state index >= 15 is 0 Å². The summed E-state index contributed by atoms with van der Waals surface area (Å²) in [6.07, 6.45) is 0.594. The molecule has 3 amide bonds. The predicted octanol–water partition coefficient (Wildman–Crippen LogP) is 4.73. The number of halogens is 1. The van der Waals surface area contributed by atoms with Crippen molar-refractivity contribution in [2.24, 2.45) is 0 Å². The van der Waals surface area contributed by atoms with Gasteiger partial charge in [-0.25, -0.2) is 4.90 Å². The lowest BCUT2D eigenvalue weighted by molar-refractivity contribution is -0.120. The van der Waals surface area contributed by atoms with E-state index in [0.29, 0.717) is 41.4 Å². The minimum atomic E-state index is -0.607. The van der Waals surface area contributed by atoms with Crippen molar-refractivity contribution in [2.45, 2.75) is 20.3 Å². The Kier molecular flexibility index (Phi) is 8.02. The molecule has 196 valence electrons. The zero-order valence-corrected chi connectivity index (χ0v) is 22.3.